The second-order valence-corrected chi connectivity index (χ2v) is 6.70. The minimum atomic E-state index is -3.53. The molecule has 1 aliphatic rings. The molecular formula is C13H20N2O3S. The summed E-state index contributed by atoms with van der Waals surface area (Å²) < 4.78 is 32.5. The van der Waals surface area contributed by atoms with Crippen LogP contribution in [0.2, 0.25) is 0 Å². The molecule has 1 aromatic carbocycles. The van der Waals surface area contributed by atoms with Crippen molar-refractivity contribution in [2.75, 3.05) is 18.9 Å². The molecule has 0 bridgehead atoms. The van der Waals surface area contributed by atoms with Crippen molar-refractivity contribution < 1.29 is 13.2 Å². The Bertz CT molecular complexity index is 540. The Hall–Kier alpha value is -1.11. The summed E-state index contributed by atoms with van der Waals surface area (Å²) in [6.45, 7) is 4.87. The van der Waals surface area contributed by atoms with E-state index in [1.54, 1.807) is 6.07 Å². The van der Waals surface area contributed by atoms with Crippen LogP contribution in [0.25, 0.3) is 0 Å². The molecule has 1 fully saturated rings. The molecule has 1 unspecified atom stereocenters. The lowest BCUT2D eigenvalue weighted by Gasteiger charge is -2.23. The Balaban J connectivity index is 2.24. The molecule has 106 valence electrons. The van der Waals surface area contributed by atoms with Gasteiger partial charge < -0.3 is 10.5 Å². The van der Waals surface area contributed by atoms with Crippen molar-refractivity contribution in [2.24, 2.45) is 0 Å². The van der Waals surface area contributed by atoms with E-state index >= 15 is 0 Å². The van der Waals surface area contributed by atoms with E-state index in [9.17, 15) is 8.42 Å². The number of hydrogen-bond acceptors (Lipinski definition) is 4. The first-order valence-electron chi connectivity index (χ1n) is 6.37. The van der Waals surface area contributed by atoms with Gasteiger partial charge in [-0.15, -0.1) is 0 Å². The number of nitrogen functional groups attached to an aromatic ring is 1. The zero-order valence-corrected chi connectivity index (χ0v) is 12.1. The SMILES string of the molecule is Cc1cc(S(=O)(=O)NC2CCCOC2)cc(N)c1C. The molecular weight excluding hydrogens is 264 g/mol. The maximum Gasteiger partial charge on any atom is 0.240 e. The van der Waals surface area contributed by atoms with Crippen LogP contribution < -0.4 is 10.5 Å². The van der Waals surface area contributed by atoms with E-state index in [-0.39, 0.29) is 10.9 Å². The number of nitrogens with one attached hydrogen (secondary N) is 1. The Kier molecular flexibility index (Phi) is 4.13. The van der Waals surface area contributed by atoms with Crippen molar-refractivity contribution >= 4 is 15.7 Å². The molecule has 0 radical (unpaired) electrons. The summed E-state index contributed by atoms with van der Waals surface area (Å²) in [5, 5.41) is 0. The van der Waals surface area contributed by atoms with Crippen molar-refractivity contribution in [3.05, 3.63) is 23.3 Å². The summed E-state index contributed by atoms with van der Waals surface area (Å²) in [6, 6.07) is 3.01. The Morgan fingerprint density at radius 1 is 1.37 bits per heavy atom. The normalized spacial score (nSPS) is 20.4. The smallest absolute Gasteiger partial charge is 0.240 e. The number of aryl methyl sites for hydroxylation is 1. The first kappa shape index (κ1) is 14.3. The third kappa shape index (κ3) is 3.26. The van der Waals surface area contributed by atoms with Gasteiger partial charge in [0.1, 0.15) is 0 Å². The van der Waals surface area contributed by atoms with Crippen molar-refractivity contribution in [1.82, 2.24) is 4.72 Å². The highest BCUT2D eigenvalue weighted by Crippen LogP contribution is 2.22. The summed E-state index contributed by atoms with van der Waals surface area (Å²) >= 11 is 0. The summed E-state index contributed by atoms with van der Waals surface area (Å²) in [5.74, 6) is 0. The number of benzene rings is 1. The van der Waals surface area contributed by atoms with E-state index in [0.717, 1.165) is 24.0 Å². The van der Waals surface area contributed by atoms with Gasteiger partial charge in [0, 0.05) is 18.3 Å². The fourth-order valence-electron chi connectivity index (χ4n) is 2.13. The summed E-state index contributed by atoms with van der Waals surface area (Å²) in [6.07, 6.45) is 1.68. The minimum Gasteiger partial charge on any atom is -0.398 e. The van der Waals surface area contributed by atoms with E-state index in [4.69, 9.17) is 10.5 Å². The van der Waals surface area contributed by atoms with Crippen LogP contribution in [-0.2, 0) is 14.8 Å². The predicted molar refractivity (Wildman–Crippen MR) is 74.5 cm³/mol. The average molecular weight is 284 g/mol. The molecule has 1 aliphatic heterocycles. The number of hydrogen-bond donors (Lipinski definition) is 2. The van der Waals surface area contributed by atoms with Gasteiger partial charge in [-0.25, -0.2) is 13.1 Å². The second-order valence-electron chi connectivity index (χ2n) is 4.99. The predicted octanol–water partition coefficient (Wildman–Crippen LogP) is 1.34. The molecule has 0 saturated carbocycles. The van der Waals surface area contributed by atoms with Gasteiger partial charge in [-0.2, -0.15) is 0 Å². The van der Waals surface area contributed by atoms with Crippen molar-refractivity contribution in [3.63, 3.8) is 0 Å². The van der Waals surface area contributed by atoms with Gasteiger partial charge in [-0.05, 0) is 49.9 Å². The van der Waals surface area contributed by atoms with Crippen LogP contribution in [0.5, 0.6) is 0 Å². The number of sulfonamides is 1. The monoisotopic (exact) mass is 284 g/mol. The molecule has 0 aromatic heterocycles. The van der Waals surface area contributed by atoms with E-state index in [1.165, 1.54) is 6.07 Å². The Morgan fingerprint density at radius 3 is 2.68 bits per heavy atom. The van der Waals surface area contributed by atoms with E-state index in [2.05, 4.69) is 4.72 Å². The van der Waals surface area contributed by atoms with Crippen LogP contribution in [0.3, 0.4) is 0 Å². The molecule has 3 N–H and O–H groups in total. The van der Waals surface area contributed by atoms with Crippen molar-refractivity contribution in [3.8, 4) is 0 Å². The summed E-state index contributed by atoms with van der Waals surface area (Å²) in [4.78, 5) is 0.221. The lowest BCUT2D eigenvalue weighted by atomic mass is 10.1. The maximum atomic E-state index is 12.3. The molecule has 1 saturated heterocycles. The number of ether oxygens (including phenoxy) is 1. The van der Waals surface area contributed by atoms with Gasteiger partial charge in [-0.3, -0.25) is 0 Å². The van der Waals surface area contributed by atoms with Gasteiger partial charge in [0.25, 0.3) is 0 Å². The molecule has 0 aliphatic carbocycles. The molecule has 1 heterocycles. The largest absolute Gasteiger partial charge is 0.398 e. The topological polar surface area (TPSA) is 81.4 Å². The van der Waals surface area contributed by atoms with Gasteiger partial charge in [0.2, 0.25) is 10.0 Å². The van der Waals surface area contributed by atoms with E-state index < -0.39 is 10.0 Å². The Labute approximate surface area is 114 Å². The number of anilines is 1. The lowest BCUT2D eigenvalue weighted by molar-refractivity contribution is 0.0774. The molecule has 6 heteroatoms. The highest BCUT2D eigenvalue weighted by Gasteiger charge is 2.23. The van der Waals surface area contributed by atoms with Crippen LogP contribution in [0.1, 0.15) is 24.0 Å². The standard InChI is InChI=1S/C13H20N2O3S/c1-9-6-12(7-13(14)10(9)2)19(16,17)15-11-4-3-5-18-8-11/h6-7,11,15H,3-5,8,14H2,1-2H3. The third-order valence-corrected chi connectivity index (χ3v) is 4.97. The van der Waals surface area contributed by atoms with Gasteiger partial charge >= 0.3 is 0 Å². The summed E-state index contributed by atoms with van der Waals surface area (Å²) in [7, 11) is -3.53. The molecule has 0 spiro atoms. The van der Waals surface area contributed by atoms with Crippen molar-refractivity contribution in [2.45, 2.75) is 37.6 Å². The van der Waals surface area contributed by atoms with Gasteiger partial charge in [0.05, 0.1) is 11.5 Å². The average Bonchev–Trinajstić information content (AvgIpc) is 2.36. The van der Waals surface area contributed by atoms with Crippen LogP contribution in [0.15, 0.2) is 17.0 Å². The Morgan fingerprint density at radius 2 is 2.11 bits per heavy atom. The van der Waals surface area contributed by atoms with Gasteiger partial charge in [-0.1, -0.05) is 0 Å². The molecule has 19 heavy (non-hydrogen) atoms. The fraction of sp³-hybridized carbons (Fsp3) is 0.538. The van der Waals surface area contributed by atoms with Crippen LogP contribution >= 0.6 is 0 Å². The highest BCUT2D eigenvalue weighted by molar-refractivity contribution is 7.89. The zero-order valence-electron chi connectivity index (χ0n) is 11.3. The number of rotatable bonds is 3. The first-order chi connectivity index (χ1) is 8.90. The summed E-state index contributed by atoms with van der Waals surface area (Å²) in [5.41, 5.74) is 8.13. The van der Waals surface area contributed by atoms with E-state index in [1.807, 2.05) is 13.8 Å². The molecule has 5 nitrogen and oxygen atoms in total. The molecule has 1 atom stereocenters. The molecule has 1 aromatic rings. The second kappa shape index (κ2) is 5.48. The number of nitrogens with two attached hydrogens (primary N) is 1. The van der Waals surface area contributed by atoms with Crippen LogP contribution in [-0.4, -0.2) is 27.7 Å². The molecule has 2 rings (SSSR count). The maximum absolute atomic E-state index is 12.3. The molecule has 0 amide bonds. The minimum absolute atomic E-state index is 0.151. The van der Waals surface area contributed by atoms with Crippen molar-refractivity contribution in [1.29, 1.82) is 0 Å². The quantitative estimate of drug-likeness (QED) is 0.821. The third-order valence-electron chi connectivity index (χ3n) is 3.47. The van der Waals surface area contributed by atoms with E-state index in [0.29, 0.717) is 18.9 Å². The zero-order chi connectivity index (χ0) is 14.0. The van der Waals surface area contributed by atoms with Crippen LogP contribution in [0.4, 0.5) is 5.69 Å². The van der Waals surface area contributed by atoms with Gasteiger partial charge in [0.15, 0.2) is 0 Å². The van der Waals surface area contributed by atoms with Crippen LogP contribution in [0, 0.1) is 13.8 Å². The fourth-order valence-corrected chi connectivity index (χ4v) is 3.50. The lowest BCUT2D eigenvalue weighted by Crippen LogP contribution is -2.40. The highest BCUT2D eigenvalue weighted by atomic mass is 32.2. The first-order valence-corrected chi connectivity index (χ1v) is 7.85.